The summed E-state index contributed by atoms with van der Waals surface area (Å²) in [6.45, 7) is -3.05. The van der Waals surface area contributed by atoms with E-state index in [4.69, 9.17) is 5.73 Å². The lowest BCUT2D eigenvalue weighted by molar-refractivity contribution is -0.0521. The van der Waals surface area contributed by atoms with Crippen LogP contribution in [0.25, 0.3) is 0 Å². The first-order chi connectivity index (χ1) is 8.56. The Hall–Kier alpha value is -1.59. The van der Waals surface area contributed by atoms with E-state index in [9.17, 15) is 13.2 Å². The normalized spacial score (nSPS) is 16.2. The van der Waals surface area contributed by atoms with Crippen LogP contribution < -0.4 is 15.8 Å². The number of ether oxygens (including phenoxy) is 1. The zero-order valence-electron chi connectivity index (χ0n) is 9.76. The van der Waals surface area contributed by atoms with Gasteiger partial charge in [-0.25, -0.2) is 4.39 Å². The van der Waals surface area contributed by atoms with Gasteiger partial charge in [0.2, 0.25) is 0 Å². The summed E-state index contributed by atoms with van der Waals surface area (Å²) in [7, 11) is 0. The molecule has 0 aromatic heterocycles. The predicted octanol–water partition coefficient (Wildman–Crippen LogP) is 3.36. The summed E-state index contributed by atoms with van der Waals surface area (Å²) in [5, 5.41) is 3.13. The quantitative estimate of drug-likeness (QED) is 0.816. The predicted molar refractivity (Wildman–Crippen MR) is 63.3 cm³/mol. The summed E-state index contributed by atoms with van der Waals surface area (Å²) in [4.78, 5) is 0. The number of nitrogens with one attached hydrogen (secondary N) is 1. The topological polar surface area (TPSA) is 47.3 Å². The second kappa shape index (κ2) is 5.37. The third-order valence-corrected chi connectivity index (χ3v) is 3.03. The minimum Gasteiger partial charge on any atom is -0.432 e. The van der Waals surface area contributed by atoms with Crippen molar-refractivity contribution in [1.82, 2.24) is 0 Å². The van der Waals surface area contributed by atoms with E-state index < -0.39 is 18.2 Å². The molecule has 1 aliphatic carbocycles. The molecule has 0 atom stereocenters. The number of rotatable bonds is 4. The average molecular weight is 260 g/mol. The third kappa shape index (κ3) is 3.00. The van der Waals surface area contributed by atoms with Crippen LogP contribution in [0, 0.1) is 5.82 Å². The Morgan fingerprint density at radius 1 is 1.28 bits per heavy atom. The van der Waals surface area contributed by atoms with Crippen molar-refractivity contribution >= 4 is 11.4 Å². The molecule has 100 valence electrons. The van der Waals surface area contributed by atoms with Crippen LogP contribution in [0.2, 0.25) is 0 Å². The van der Waals surface area contributed by atoms with E-state index in [0.29, 0.717) is 5.69 Å². The van der Waals surface area contributed by atoms with Crippen molar-refractivity contribution in [3.63, 3.8) is 0 Å². The van der Waals surface area contributed by atoms with Crippen LogP contribution in [0.5, 0.6) is 5.75 Å². The van der Waals surface area contributed by atoms with Gasteiger partial charge in [-0.3, -0.25) is 0 Å². The molecule has 0 heterocycles. The van der Waals surface area contributed by atoms with Crippen LogP contribution in [-0.4, -0.2) is 12.7 Å². The van der Waals surface area contributed by atoms with Crippen LogP contribution in [0.1, 0.15) is 25.7 Å². The summed E-state index contributed by atoms with van der Waals surface area (Å²) in [5.74, 6) is -1.37. The second-order valence-electron chi connectivity index (χ2n) is 4.37. The molecular formula is C12H15F3N2O. The van der Waals surface area contributed by atoms with Crippen molar-refractivity contribution in [3.8, 4) is 5.75 Å². The van der Waals surface area contributed by atoms with E-state index in [1.165, 1.54) is 6.07 Å². The Labute approximate surface area is 103 Å². The molecule has 1 aromatic rings. The highest BCUT2D eigenvalue weighted by Crippen LogP contribution is 2.31. The monoisotopic (exact) mass is 260 g/mol. The Balaban J connectivity index is 2.17. The first-order valence-electron chi connectivity index (χ1n) is 5.86. The minimum atomic E-state index is -3.05. The van der Waals surface area contributed by atoms with E-state index in [-0.39, 0.29) is 11.7 Å². The molecule has 0 amide bonds. The molecule has 6 heteroatoms. The SMILES string of the molecule is Nc1cc(F)c(OC(F)F)cc1NC1CCCC1. The Morgan fingerprint density at radius 2 is 1.94 bits per heavy atom. The largest absolute Gasteiger partial charge is 0.432 e. The molecule has 3 N–H and O–H groups in total. The molecule has 2 rings (SSSR count). The number of nitrogen functional groups attached to an aromatic ring is 1. The van der Waals surface area contributed by atoms with Crippen molar-refractivity contribution in [3.05, 3.63) is 17.9 Å². The molecule has 0 saturated heterocycles. The van der Waals surface area contributed by atoms with Crippen LogP contribution in [0.15, 0.2) is 12.1 Å². The fraction of sp³-hybridized carbons (Fsp3) is 0.500. The molecule has 0 spiro atoms. The van der Waals surface area contributed by atoms with Crippen LogP contribution in [-0.2, 0) is 0 Å². The van der Waals surface area contributed by atoms with Gasteiger partial charge in [-0.05, 0) is 12.8 Å². The zero-order chi connectivity index (χ0) is 13.1. The molecule has 1 aromatic carbocycles. The number of hydrogen-bond acceptors (Lipinski definition) is 3. The lowest BCUT2D eigenvalue weighted by Crippen LogP contribution is -2.16. The Morgan fingerprint density at radius 3 is 2.56 bits per heavy atom. The maximum absolute atomic E-state index is 13.3. The number of alkyl halides is 2. The van der Waals surface area contributed by atoms with Gasteiger partial charge < -0.3 is 15.8 Å². The number of halogens is 3. The number of hydrogen-bond donors (Lipinski definition) is 2. The summed E-state index contributed by atoms with van der Waals surface area (Å²) in [6, 6.07) is 2.45. The van der Waals surface area contributed by atoms with Crippen molar-refractivity contribution in [2.45, 2.75) is 38.3 Å². The lowest BCUT2D eigenvalue weighted by Gasteiger charge is -2.17. The minimum absolute atomic E-state index is 0.195. The van der Waals surface area contributed by atoms with Gasteiger partial charge in [0.05, 0.1) is 11.4 Å². The van der Waals surface area contributed by atoms with Crippen LogP contribution >= 0.6 is 0 Å². The maximum Gasteiger partial charge on any atom is 0.387 e. The first-order valence-corrected chi connectivity index (χ1v) is 5.86. The van der Waals surface area contributed by atoms with E-state index >= 15 is 0 Å². The molecule has 0 radical (unpaired) electrons. The van der Waals surface area contributed by atoms with Crippen molar-refractivity contribution in [1.29, 1.82) is 0 Å². The van der Waals surface area contributed by atoms with Gasteiger partial charge in [0.1, 0.15) is 0 Å². The van der Waals surface area contributed by atoms with E-state index in [2.05, 4.69) is 10.1 Å². The molecule has 0 unspecified atom stereocenters. The third-order valence-electron chi connectivity index (χ3n) is 3.03. The van der Waals surface area contributed by atoms with Crippen LogP contribution in [0.3, 0.4) is 0 Å². The standard InChI is InChI=1S/C12H15F3N2O/c13-8-5-9(16)10(6-11(8)18-12(14)15)17-7-3-1-2-4-7/h5-7,12,17H,1-4,16H2. The van der Waals surface area contributed by atoms with Crippen LogP contribution in [0.4, 0.5) is 24.5 Å². The number of nitrogens with two attached hydrogens (primary N) is 1. The molecular weight excluding hydrogens is 245 g/mol. The molecule has 3 nitrogen and oxygen atoms in total. The molecule has 1 aliphatic rings. The van der Waals surface area contributed by atoms with Gasteiger partial charge in [-0.2, -0.15) is 8.78 Å². The summed E-state index contributed by atoms with van der Waals surface area (Å²) >= 11 is 0. The smallest absolute Gasteiger partial charge is 0.387 e. The molecule has 1 fully saturated rings. The number of anilines is 2. The second-order valence-corrected chi connectivity index (χ2v) is 4.37. The molecule has 0 aliphatic heterocycles. The summed E-state index contributed by atoms with van der Waals surface area (Å²) in [6.07, 6.45) is 4.25. The van der Waals surface area contributed by atoms with Gasteiger partial charge >= 0.3 is 6.61 Å². The van der Waals surface area contributed by atoms with E-state index in [1.54, 1.807) is 0 Å². The van der Waals surface area contributed by atoms with Crippen molar-refractivity contribution in [2.75, 3.05) is 11.1 Å². The highest BCUT2D eigenvalue weighted by Gasteiger charge is 2.18. The fourth-order valence-electron chi connectivity index (χ4n) is 2.17. The lowest BCUT2D eigenvalue weighted by atomic mass is 10.2. The van der Waals surface area contributed by atoms with Gasteiger partial charge in [0, 0.05) is 18.2 Å². The first kappa shape index (κ1) is 12.9. The average Bonchev–Trinajstić information content (AvgIpc) is 2.77. The van der Waals surface area contributed by atoms with Gasteiger partial charge in [-0.1, -0.05) is 12.8 Å². The van der Waals surface area contributed by atoms with Gasteiger partial charge in [0.15, 0.2) is 11.6 Å². The number of benzene rings is 1. The van der Waals surface area contributed by atoms with Gasteiger partial charge in [0.25, 0.3) is 0 Å². The van der Waals surface area contributed by atoms with E-state index in [1.807, 2.05) is 0 Å². The summed E-state index contributed by atoms with van der Waals surface area (Å²) in [5.41, 5.74) is 6.29. The molecule has 1 saturated carbocycles. The summed E-state index contributed by atoms with van der Waals surface area (Å²) < 4.78 is 41.6. The van der Waals surface area contributed by atoms with Crippen molar-refractivity contribution in [2.24, 2.45) is 0 Å². The Bertz CT molecular complexity index is 420. The highest BCUT2D eigenvalue weighted by molar-refractivity contribution is 5.69. The highest BCUT2D eigenvalue weighted by atomic mass is 19.3. The zero-order valence-corrected chi connectivity index (χ0v) is 9.76. The van der Waals surface area contributed by atoms with E-state index in [0.717, 1.165) is 31.7 Å². The van der Waals surface area contributed by atoms with Gasteiger partial charge in [-0.15, -0.1) is 0 Å². The fourth-order valence-corrected chi connectivity index (χ4v) is 2.17. The maximum atomic E-state index is 13.3. The molecule has 0 bridgehead atoms. The Kier molecular flexibility index (Phi) is 3.84. The molecule has 18 heavy (non-hydrogen) atoms. The van der Waals surface area contributed by atoms with Crippen molar-refractivity contribution < 1.29 is 17.9 Å².